The SMILES string of the molecule is OCCNc1ncccc1C1=CNC(NCc2c(F)ccc3c2CCO3)n2cnnc21. The summed E-state index contributed by atoms with van der Waals surface area (Å²) in [6.45, 7) is 1.29. The molecule has 1 unspecified atom stereocenters. The average Bonchev–Trinajstić information content (AvgIpc) is 3.47. The van der Waals surface area contributed by atoms with E-state index in [2.05, 4.69) is 31.1 Å². The minimum atomic E-state index is -0.350. The number of aromatic nitrogens is 4. The first-order valence-corrected chi connectivity index (χ1v) is 10.1. The number of pyridine rings is 1. The quantitative estimate of drug-likeness (QED) is 0.452. The maximum absolute atomic E-state index is 14.5. The maximum atomic E-state index is 14.5. The van der Waals surface area contributed by atoms with Crippen LogP contribution in [0.4, 0.5) is 10.2 Å². The third-order valence-electron chi connectivity index (χ3n) is 5.39. The van der Waals surface area contributed by atoms with Gasteiger partial charge in [-0.3, -0.25) is 9.88 Å². The number of nitrogens with one attached hydrogen (secondary N) is 3. The number of fused-ring (bicyclic) bond motifs is 2. The van der Waals surface area contributed by atoms with Gasteiger partial charge in [-0.15, -0.1) is 10.2 Å². The zero-order chi connectivity index (χ0) is 21.2. The molecule has 0 aliphatic carbocycles. The summed E-state index contributed by atoms with van der Waals surface area (Å²) in [7, 11) is 0. The molecule has 1 atom stereocenters. The van der Waals surface area contributed by atoms with E-state index < -0.39 is 0 Å². The van der Waals surface area contributed by atoms with Crippen LogP contribution >= 0.6 is 0 Å². The van der Waals surface area contributed by atoms with Gasteiger partial charge in [0.2, 0.25) is 0 Å². The van der Waals surface area contributed by atoms with Crippen LogP contribution in [-0.4, -0.2) is 44.6 Å². The van der Waals surface area contributed by atoms with Crippen LogP contribution in [0.2, 0.25) is 0 Å². The lowest BCUT2D eigenvalue weighted by Crippen LogP contribution is -2.39. The highest BCUT2D eigenvalue weighted by Crippen LogP contribution is 2.32. The van der Waals surface area contributed by atoms with Crippen molar-refractivity contribution in [3.8, 4) is 5.75 Å². The van der Waals surface area contributed by atoms with Crippen LogP contribution in [0, 0.1) is 5.82 Å². The van der Waals surface area contributed by atoms with Crippen molar-refractivity contribution in [3.63, 3.8) is 0 Å². The third-order valence-corrected chi connectivity index (χ3v) is 5.39. The van der Waals surface area contributed by atoms with Gasteiger partial charge in [0, 0.05) is 54.2 Å². The number of rotatable bonds is 7. The van der Waals surface area contributed by atoms with E-state index in [4.69, 9.17) is 9.84 Å². The van der Waals surface area contributed by atoms with Crippen molar-refractivity contribution in [2.24, 2.45) is 0 Å². The summed E-state index contributed by atoms with van der Waals surface area (Å²) in [6.07, 6.45) is 5.51. The molecule has 0 fully saturated rings. The van der Waals surface area contributed by atoms with E-state index in [1.165, 1.54) is 6.07 Å². The maximum Gasteiger partial charge on any atom is 0.168 e. The van der Waals surface area contributed by atoms with Crippen LogP contribution in [0.5, 0.6) is 5.75 Å². The van der Waals surface area contributed by atoms with Crippen LogP contribution < -0.4 is 20.7 Å². The van der Waals surface area contributed by atoms with Crippen molar-refractivity contribution in [1.82, 2.24) is 30.4 Å². The number of nitrogens with zero attached hydrogens (tertiary/aromatic N) is 4. The fourth-order valence-electron chi connectivity index (χ4n) is 3.93. The van der Waals surface area contributed by atoms with Crippen molar-refractivity contribution in [2.45, 2.75) is 19.3 Å². The number of benzene rings is 1. The Hall–Kier alpha value is -3.50. The van der Waals surface area contributed by atoms with E-state index >= 15 is 0 Å². The summed E-state index contributed by atoms with van der Waals surface area (Å²) in [6, 6.07) is 6.89. The smallest absolute Gasteiger partial charge is 0.168 e. The molecule has 2 aliphatic rings. The number of ether oxygens (including phenoxy) is 1. The number of hydrogen-bond donors (Lipinski definition) is 4. The Balaban J connectivity index is 1.39. The number of hydrogen-bond acceptors (Lipinski definition) is 8. The molecule has 160 valence electrons. The normalized spacial score (nSPS) is 16.7. The summed E-state index contributed by atoms with van der Waals surface area (Å²) in [5, 5.41) is 27.2. The highest BCUT2D eigenvalue weighted by Gasteiger charge is 2.26. The molecule has 9 nitrogen and oxygen atoms in total. The summed E-state index contributed by atoms with van der Waals surface area (Å²) in [5.74, 6) is 1.80. The highest BCUT2D eigenvalue weighted by molar-refractivity contribution is 5.82. The molecule has 2 aliphatic heterocycles. The van der Waals surface area contributed by atoms with Crippen molar-refractivity contribution in [3.05, 3.63) is 71.3 Å². The minimum absolute atomic E-state index is 0.000274. The molecule has 4 heterocycles. The standard InChI is InChI=1S/C21H22FN7O2/c22-17-3-4-18-13(5-9-31-18)15(17)10-25-21-26-11-16(20-28-27-12-29(20)21)14-2-1-6-23-19(14)24-7-8-30/h1-4,6,11-12,21,25-26,30H,5,7-10H2,(H,23,24). The van der Waals surface area contributed by atoms with Crippen LogP contribution in [0.25, 0.3) is 5.57 Å². The van der Waals surface area contributed by atoms with E-state index in [1.54, 1.807) is 18.6 Å². The Bertz CT molecular complexity index is 1130. The van der Waals surface area contributed by atoms with Gasteiger partial charge in [-0.05, 0) is 24.3 Å². The van der Waals surface area contributed by atoms with Crippen LogP contribution in [0.15, 0.2) is 43.0 Å². The molecule has 10 heteroatoms. The molecule has 0 spiro atoms. The average molecular weight is 423 g/mol. The van der Waals surface area contributed by atoms with Crippen LogP contribution in [0.1, 0.15) is 28.8 Å². The van der Waals surface area contributed by atoms with Crippen molar-refractivity contribution < 1.29 is 14.2 Å². The topological polar surface area (TPSA) is 109 Å². The third kappa shape index (κ3) is 3.60. The molecule has 0 bridgehead atoms. The number of anilines is 1. The van der Waals surface area contributed by atoms with Gasteiger partial charge < -0.3 is 20.5 Å². The van der Waals surface area contributed by atoms with Gasteiger partial charge in [0.15, 0.2) is 12.1 Å². The molecule has 3 aromatic rings. The molecule has 0 radical (unpaired) electrons. The Morgan fingerprint density at radius 1 is 1.32 bits per heavy atom. The van der Waals surface area contributed by atoms with Gasteiger partial charge in [0.1, 0.15) is 23.7 Å². The van der Waals surface area contributed by atoms with Gasteiger partial charge in [0.05, 0.1) is 13.2 Å². The molecule has 31 heavy (non-hydrogen) atoms. The molecule has 0 amide bonds. The summed E-state index contributed by atoms with van der Waals surface area (Å²) in [5.41, 5.74) is 3.17. The second-order valence-corrected chi connectivity index (χ2v) is 7.22. The van der Waals surface area contributed by atoms with Gasteiger partial charge in [-0.25, -0.2) is 9.37 Å². The second-order valence-electron chi connectivity index (χ2n) is 7.22. The zero-order valence-electron chi connectivity index (χ0n) is 16.7. The molecule has 1 aromatic carbocycles. The molecule has 0 saturated carbocycles. The predicted octanol–water partition coefficient (Wildman–Crippen LogP) is 1.39. The Morgan fingerprint density at radius 3 is 3.16 bits per heavy atom. The summed E-state index contributed by atoms with van der Waals surface area (Å²) < 4.78 is 21.9. The van der Waals surface area contributed by atoms with Gasteiger partial charge >= 0.3 is 0 Å². The van der Waals surface area contributed by atoms with E-state index in [9.17, 15) is 4.39 Å². The van der Waals surface area contributed by atoms with Crippen LogP contribution in [-0.2, 0) is 13.0 Å². The highest BCUT2D eigenvalue weighted by atomic mass is 19.1. The van der Waals surface area contributed by atoms with Crippen molar-refractivity contribution in [1.29, 1.82) is 0 Å². The molecular weight excluding hydrogens is 401 g/mol. The van der Waals surface area contributed by atoms with E-state index in [0.29, 0.717) is 43.3 Å². The first kappa shape index (κ1) is 19.5. The minimum Gasteiger partial charge on any atom is -0.493 e. The fraction of sp³-hybridized carbons (Fsp3) is 0.286. The van der Waals surface area contributed by atoms with Crippen LogP contribution in [0.3, 0.4) is 0 Å². The lowest BCUT2D eigenvalue weighted by Gasteiger charge is -2.27. The van der Waals surface area contributed by atoms with Gasteiger partial charge in [-0.1, -0.05) is 0 Å². The van der Waals surface area contributed by atoms with Crippen molar-refractivity contribution >= 4 is 11.4 Å². The number of aliphatic hydroxyl groups is 1. The first-order valence-electron chi connectivity index (χ1n) is 10.1. The number of halogens is 1. The zero-order valence-corrected chi connectivity index (χ0v) is 16.7. The molecule has 5 rings (SSSR count). The fourth-order valence-corrected chi connectivity index (χ4v) is 3.93. The van der Waals surface area contributed by atoms with E-state index in [1.807, 2.05) is 22.9 Å². The second kappa shape index (κ2) is 8.32. The number of aliphatic hydroxyl groups excluding tert-OH is 1. The Kier molecular flexibility index (Phi) is 5.23. The molecule has 0 saturated heterocycles. The molecule has 4 N–H and O–H groups in total. The lowest BCUT2D eigenvalue weighted by atomic mass is 10.0. The molecule has 2 aromatic heterocycles. The van der Waals surface area contributed by atoms with Gasteiger partial charge in [0.25, 0.3) is 0 Å². The van der Waals surface area contributed by atoms with E-state index in [0.717, 1.165) is 22.4 Å². The van der Waals surface area contributed by atoms with Crippen molar-refractivity contribution in [2.75, 3.05) is 25.1 Å². The Labute approximate surface area is 178 Å². The monoisotopic (exact) mass is 423 g/mol. The summed E-state index contributed by atoms with van der Waals surface area (Å²) >= 11 is 0. The lowest BCUT2D eigenvalue weighted by molar-refractivity contribution is 0.311. The Morgan fingerprint density at radius 2 is 2.26 bits per heavy atom. The largest absolute Gasteiger partial charge is 0.493 e. The first-order chi connectivity index (χ1) is 15.3. The molecular formula is C21H22FN7O2. The summed E-state index contributed by atoms with van der Waals surface area (Å²) in [4.78, 5) is 4.37. The predicted molar refractivity (Wildman–Crippen MR) is 112 cm³/mol. The van der Waals surface area contributed by atoms with Gasteiger partial charge in [-0.2, -0.15) is 0 Å². The van der Waals surface area contributed by atoms with E-state index in [-0.39, 0.29) is 18.7 Å².